The SMILES string of the molecule is Cl.O=C(NCCN1CCN=C1c1ccncc1)Nc1ccc(C(=O)O)cc1. The first-order valence-corrected chi connectivity index (χ1v) is 8.21. The predicted octanol–water partition coefficient (Wildman–Crippen LogP) is 2.09. The van der Waals surface area contributed by atoms with Gasteiger partial charge in [0, 0.05) is 43.3 Å². The highest BCUT2D eigenvalue weighted by atomic mass is 35.5. The number of amidine groups is 1. The van der Waals surface area contributed by atoms with Crippen molar-refractivity contribution in [3.63, 3.8) is 0 Å². The van der Waals surface area contributed by atoms with Gasteiger partial charge in [0.25, 0.3) is 0 Å². The highest BCUT2D eigenvalue weighted by Gasteiger charge is 2.18. The third-order valence-electron chi connectivity index (χ3n) is 3.93. The van der Waals surface area contributed by atoms with Crippen LogP contribution in [0.3, 0.4) is 0 Å². The van der Waals surface area contributed by atoms with E-state index in [2.05, 4.69) is 25.5 Å². The van der Waals surface area contributed by atoms with E-state index in [1.165, 1.54) is 12.1 Å². The van der Waals surface area contributed by atoms with Crippen molar-refractivity contribution >= 4 is 35.9 Å². The van der Waals surface area contributed by atoms with Crippen LogP contribution >= 0.6 is 12.4 Å². The number of nitrogens with zero attached hydrogens (tertiary/aromatic N) is 3. The molecule has 142 valence electrons. The second-order valence-corrected chi connectivity index (χ2v) is 5.69. The molecule has 0 aliphatic carbocycles. The number of amides is 2. The van der Waals surface area contributed by atoms with Crippen LogP contribution in [0.15, 0.2) is 53.8 Å². The summed E-state index contributed by atoms with van der Waals surface area (Å²) in [6.45, 7) is 2.66. The number of hydrogen-bond acceptors (Lipinski definition) is 5. The van der Waals surface area contributed by atoms with Gasteiger partial charge >= 0.3 is 12.0 Å². The van der Waals surface area contributed by atoms with Gasteiger partial charge in [-0.1, -0.05) is 0 Å². The number of hydrogen-bond donors (Lipinski definition) is 3. The summed E-state index contributed by atoms with van der Waals surface area (Å²) < 4.78 is 0. The maximum atomic E-state index is 12.0. The number of benzene rings is 1. The van der Waals surface area contributed by atoms with E-state index in [9.17, 15) is 9.59 Å². The number of aromatic nitrogens is 1. The standard InChI is InChI=1S/C18H19N5O3.ClH/c24-17(25)14-1-3-15(4-2-14)22-18(26)21-10-12-23-11-9-20-16(23)13-5-7-19-8-6-13;/h1-8H,9-12H2,(H,24,25)(H2,21,22,26);1H. The van der Waals surface area contributed by atoms with Gasteiger partial charge in [-0.05, 0) is 36.4 Å². The molecule has 2 amide bonds. The Morgan fingerprint density at radius 2 is 1.81 bits per heavy atom. The van der Waals surface area contributed by atoms with E-state index in [4.69, 9.17) is 5.11 Å². The van der Waals surface area contributed by atoms with Crippen molar-refractivity contribution in [3.8, 4) is 0 Å². The number of aliphatic imine (C=N–C) groups is 1. The highest BCUT2D eigenvalue weighted by Crippen LogP contribution is 2.11. The zero-order chi connectivity index (χ0) is 18.4. The van der Waals surface area contributed by atoms with E-state index in [-0.39, 0.29) is 24.0 Å². The lowest BCUT2D eigenvalue weighted by Gasteiger charge is -2.20. The van der Waals surface area contributed by atoms with Crippen LogP contribution in [0.2, 0.25) is 0 Å². The molecule has 8 nitrogen and oxygen atoms in total. The first kappa shape index (κ1) is 20.2. The highest BCUT2D eigenvalue weighted by molar-refractivity contribution is 5.99. The van der Waals surface area contributed by atoms with E-state index in [1.807, 2.05) is 12.1 Å². The first-order valence-electron chi connectivity index (χ1n) is 8.21. The van der Waals surface area contributed by atoms with Crippen molar-refractivity contribution in [3.05, 3.63) is 59.9 Å². The van der Waals surface area contributed by atoms with Crippen molar-refractivity contribution < 1.29 is 14.7 Å². The number of rotatable bonds is 6. The lowest BCUT2D eigenvalue weighted by molar-refractivity contribution is 0.0697. The minimum absolute atomic E-state index is 0. The third-order valence-corrected chi connectivity index (χ3v) is 3.93. The van der Waals surface area contributed by atoms with Crippen LogP contribution in [0.25, 0.3) is 0 Å². The zero-order valence-corrected chi connectivity index (χ0v) is 15.3. The first-order chi connectivity index (χ1) is 12.6. The fourth-order valence-corrected chi connectivity index (χ4v) is 2.65. The molecule has 0 radical (unpaired) electrons. The minimum Gasteiger partial charge on any atom is -0.478 e. The lowest BCUT2D eigenvalue weighted by atomic mass is 10.2. The second-order valence-electron chi connectivity index (χ2n) is 5.69. The Balaban J connectivity index is 0.00000261. The molecule has 1 aromatic carbocycles. The largest absolute Gasteiger partial charge is 0.478 e. The molecule has 2 heterocycles. The van der Waals surface area contributed by atoms with Crippen LogP contribution in [-0.2, 0) is 0 Å². The van der Waals surface area contributed by atoms with Gasteiger partial charge in [0.2, 0.25) is 0 Å². The number of carbonyl (C=O) groups is 2. The molecule has 0 bridgehead atoms. The molecule has 0 spiro atoms. The smallest absolute Gasteiger partial charge is 0.335 e. The molecule has 0 unspecified atom stereocenters. The fourth-order valence-electron chi connectivity index (χ4n) is 2.65. The summed E-state index contributed by atoms with van der Waals surface area (Å²) in [4.78, 5) is 33.4. The Hall–Kier alpha value is -3.13. The molecule has 1 aliphatic rings. The van der Waals surface area contributed by atoms with Gasteiger partial charge in [-0.25, -0.2) is 9.59 Å². The van der Waals surface area contributed by atoms with E-state index < -0.39 is 5.97 Å². The number of carboxylic acids is 1. The Bertz CT molecular complexity index is 812. The number of pyridine rings is 1. The monoisotopic (exact) mass is 389 g/mol. The summed E-state index contributed by atoms with van der Waals surface area (Å²) in [5, 5.41) is 14.3. The van der Waals surface area contributed by atoms with Crippen LogP contribution < -0.4 is 10.6 Å². The van der Waals surface area contributed by atoms with Crippen LogP contribution in [0.1, 0.15) is 15.9 Å². The number of nitrogens with one attached hydrogen (secondary N) is 2. The zero-order valence-electron chi connectivity index (χ0n) is 14.5. The summed E-state index contributed by atoms with van der Waals surface area (Å²) in [5.74, 6) is -0.0860. The van der Waals surface area contributed by atoms with Gasteiger partial charge < -0.3 is 20.6 Å². The molecule has 2 aromatic rings. The average Bonchev–Trinajstić information content (AvgIpc) is 3.11. The Kier molecular flexibility index (Phi) is 7.13. The number of anilines is 1. The summed E-state index contributed by atoms with van der Waals surface area (Å²) in [6.07, 6.45) is 3.46. The van der Waals surface area contributed by atoms with Gasteiger partial charge in [0.05, 0.1) is 12.1 Å². The summed E-state index contributed by atoms with van der Waals surface area (Å²) in [6, 6.07) is 9.49. The molecule has 9 heteroatoms. The molecule has 3 N–H and O–H groups in total. The third kappa shape index (κ3) is 5.42. The molecular formula is C18H20ClN5O3. The predicted molar refractivity (Wildman–Crippen MR) is 105 cm³/mol. The number of halogens is 1. The van der Waals surface area contributed by atoms with E-state index in [0.717, 1.165) is 24.5 Å². The Labute approximate surface area is 162 Å². The Morgan fingerprint density at radius 1 is 1.11 bits per heavy atom. The molecule has 1 aliphatic heterocycles. The van der Waals surface area contributed by atoms with Gasteiger partial charge in [0.15, 0.2) is 0 Å². The number of carboxylic acid groups (broad SMARTS) is 1. The van der Waals surface area contributed by atoms with E-state index >= 15 is 0 Å². The quantitative estimate of drug-likeness (QED) is 0.701. The normalized spacial score (nSPS) is 12.7. The average molecular weight is 390 g/mol. The fraction of sp³-hybridized carbons (Fsp3) is 0.222. The molecule has 0 saturated carbocycles. The van der Waals surface area contributed by atoms with Crippen molar-refractivity contribution in [1.29, 1.82) is 0 Å². The summed E-state index contributed by atoms with van der Waals surface area (Å²) in [7, 11) is 0. The van der Waals surface area contributed by atoms with Crippen LogP contribution in [0.4, 0.5) is 10.5 Å². The van der Waals surface area contributed by atoms with Gasteiger partial charge in [0.1, 0.15) is 5.84 Å². The van der Waals surface area contributed by atoms with Crippen molar-refractivity contribution in [2.75, 3.05) is 31.5 Å². The minimum atomic E-state index is -1.00. The Morgan fingerprint density at radius 3 is 2.48 bits per heavy atom. The van der Waals surface area contributed by atoms with Crippen LogP contribution in [0.5, 0.6) is 0 Å². The number of aromatic carboxylic acids is 1. The summed E-state index contributed by atoms with van der Waals surface area (Å²) in [5.41, 5.74) is 1.72. The maximum absolute atomic E-state index is 12.0. The van der Waals surface area contributed by atoms with Crippen LogP contribution in [-0.4, -0.2) is 59.0 Å². The number of urea groups is 1. The number of carbonyl (C=O) groups excluding carboxylic acids is 1. The molecule has 27 heavy (non-hydrogen) atoms. The maximum Gasteiger partial charge on any atom is 0.335 e. The van der Waals surface area contributed by atoms with Gasteiger partial charge in [-0.2, -0.15) is 0 Å². The molecule has 0 saturated heterocycles. The van der Waals surface area contributed by atoms with Crippen LogP contribution in [0, 0.1) is 0 Å². The molecule has 0 atom stereocenters. The van der Waals surface area contributed by atoms with Crippen molar-refractivity contribution in [2.45, 2.75) is 0 Å². The molecule has 0 fully saturated rings. The van der Waals surface area contributed by atoms with E-state index in [0.29, 0.717) is 18.8 Å². The molecule has 3 rings (SSSR count). The summed E-state index contributed by atoms with van der Waals surface area (Å²) >= 11 is 0. The second kappa shape index (κ2) is 9.54. The molecule has 1 aromatic heterocycles. The lowest BCUT2D eigenvalue weighted by Crippen LogP contribution is -2.38. The molecular weight excluding hydrogens is 370 g/mol. The van der Waals surface area contributed by atoms with Crippen molar-refractivity contribution in [2.24, 2.45) is 4.99 Å². The van der Waals surface area contributed by atoms with E-state index in [1.54, 1.807) is 24.5 Å². The van der Waals surface area contributed by atoms with Gasteiger partial charge in [-0.3, -0.25) is 9.98 Å². The van der Waals surface area contributed by atoms with Crippen molar-refractivity contribution in [1.82, 2.24) is 15.2 Å². The topological polar surface area (TPSA) is 107 Å². The van der Waals surface area contributed by atoms with Gasteiger partial charge in [-0.15, -0.1) is 12.4 Å².